The maximum atomic E-state index is 7.55. The van der Waals surface area contributed by atoms with Crippen molar-refractivity contribution in [2.45, 2.75) is 40.8 Å². The smallest absolute Gasteiger partial charge is 0.212 e. The Bertz CT molecular complexity index is 830. The van der Waals surface area contributed by atoms with Crippen LogP contribution in [0.4, 0.5) is 22.7 Å². The fourth-order valence-electron chi connectivity index (χ4n) is 3.47. The lowest BCUT2D eigenvalue weighted by Gasteiger charge is -2.31. The molecule has 0 spiro atoms. The zero-order valence-electron chi connectivity index (χ0n) is 14.7. The van der Waals surface area contributed by atoms with E-state index in [9.17, 15) is 0 Å². The van der Waals surface area contributed by atoms with Gasteiger partial charge in [-0.15, -0.1) is 0 Å². The second-order valence-electron chi connectivity index (χ2n) is 6.46. The van der Waals surface area contributed by atoms with Crippen molar-refractivity contribution in [3.63, 3.8) is 0 Å². The molecule has 3 nitrogen and oxygen atoms in total. The third-order valence-electron chi connectivity index (χ3n) is 5.38. The van der Waals surface area contributed by atoms with Crippen molar-refractivity contribution in [2.75, 3.05) is 16.8 Å². The van der Waals surface area contributed by atoms with E-state index in [1.165, 1.54) is 27.9 Å². The third-order valence-corrected chi connectivity index (χ3v) is 5.38. The first-order valence-electron chi connectivity index (χ1n) is 7.98. The van der Waals surface area contributed by atoms with Gasteiger partial charge in [-0.1, -0.05) is 12.1 Å². The summed E-state index contributed by atoms with van der Waals surface area (Å²) in [5, 5.41) is 0. The van der Waals surface area contributed by atoms with Crippen LogP contribution in [0, 0.1) is 34.3 Å². The van der Waals surface area contributed by atoms with Gasteiger partial charge in [0.05, 0.1) is 17.9 Å². The van der Waals surface area contributed by atoms with Gasteiger partial charge < -0.3 is 9.80 Å². The quantitative estimate of drug-likeness (QED) is 0.653. The average molecular weight is 305 g/mol. The van der Waals surface area contributed by atoms with Crippen molar-refractivity contribution in [2.24, 2.45) is 0 Å². The molecule has 0 N–H and O–H groups in total. The van der Waals surface area contributed by atoms with E-state index in [1.807, 2.05) is 12.1 Å². The number of hydrogen-bond donors (Lipinski definition) is 0. The molecule has 3 heteroatoms. The standard InChI is InChI=1S/C20H23N3/c1-12-11-19(15(4)14(3)13(12)2)23-16(5)22(7)18-10-8-9-17(21-6)20(18)23/h8-11,16H,1-5,7H3/t16-/m0/s1. The molecular formula is C20H23N3. The summed E-state index contributed by atoms with van der Waals surface area (Å²) in [4.78, 5) is 8.32. The molecule has 23 heavy (non-hydrogen) atoms. The topological polar surface area (TPSA) is 10.8 Å². The van der Waals surface area contributed by atoms with Gasteiger partial charge in [0.15, 0.2) is 0 Å². The van der Waals surface area contributed by atoms with Crippen molar-refractivity contribution in [3.05, 3.63) is 57.9 Å². The van der Waals surface area contributed by atoms with E-state index in [2.05, 4.69) is 68.4 Å². The Morgan fingerprint density at radius 1 is 1.00 bits per heavy atom. The SMILES string of the molecule is [C-]#[N+]c1cccc2c1N(c1cc(C)c(C)c(C)c1C)[C@@H](C)N2C. The van der Waals surface area contributed by atoms with Crippen molar-refractivity contribution < 1.29 is 0 Å². The summed E-state index contributed by atoms with van der Waals surface area (Å²) in [5.74, 6) is 0. The second kappa shape index (κ2) is 5.31. The Morgan fingerprint density at radius 3 is 2.35 bits per heavy atom. The van der Waals surface area contributed by atoms with Crippen molar-refractivity contribution >= 4 is 22.7 Å². The molecule has 1 aliphatic rings. The van der Waals surface area contributed by atoms with Crippen LogP contribution in [0.5, 0.6) is 0 Å². The van der Waals surface area contributed by atoms with Crippen LogP contribution in [0.3, 0.4) is 0 Å². The molecule has 0 aromatic heterocycles. The lowest BCUT2D eigenvalue weighted by atomic mass is 9.97. The van der Waals surface area contributed by atoms with E-state index in [0.29, 0.717) is 5.69 Å². The van der Waals surface area contributed by atoms with E-state index in [0.717, 1.165) is 11.4 Å². The predicted molar refractivity (Wildman–Crippen MR) is 98.1 cm³/mol. The van der Waals surface area contributed by atoms with Gasteiger partial charge in [0.1, 0.15) is 6.17 Å². The summed E-state index contributed by atoms with van der Waals surface area (Å²) in [6, 6.07) is 8.24. The number of para-hydroxylation sites is 1. The minimum Gasteiger partial charge on any atom is -0.354 e. The molecule has 0 saturated carbocycles. The fourth-order valence-corrected chi connectivity index (χ4v) is 3.47. The zero-order chi connectivity index (χ0) is 16.9. The molecular weight excluding hydrogens is 282 g/mol. The van der Waals surface area contributed by atoms with Gasteiger partial charge in [0.25, 0.3) is 0 Å². The van der Waals surface area contributed by atoms with E-state index in [-0.39, 0.29) is 6.17 Å². The summed E-state index contributed by atoms with van der Waals surface area (Å²) in [7, 11) is 2.10. The highest BCUT2D eigenvalue weighted by atomic mass is 15.4. The third kappa shape index (κ3) is 2.09. The number of rotatable bonds is 1. The Morgan fingerprint density at radius 2 is 1.70 bits per heavy atom. The Labute approximate surface area is 139 Å². The summed E-state index contributed by atoms with van der Waals surface area (Å²) in [6.07, 6.45) is 0.188. The highest BCUT2D eigenvalue weighted by molar-refractivity contribution is 5.93. The van der Waals surface area contributed by atoms with Crippen LogP contribution >= 0.6 is 0 Å². The van der Waals surface area contributed by atoms with E-state index in [4.69, 9.17) is 6.57 Å². The van der Waals surface area contributed by atoms with Gasteiger partial charge in [-0.25, -0.2) is 4.85 Å². The Balaban J connectivity index is 2.30. The van der Waals surface area contributed by atoms with Crippen molar-refractivity contribution in [3.8, 4) is 0 Å². The van der Waals surface area contributed by atoms with Crippen LogP contribution in [0.1, 0.15) is 29.2 Å². The predicted octanol–water partition coefficient (Wildman–Crippen LogP) is 5.40. The largest absolute Gasteiger partial charge is 0.354 e. The molecule has 0 radical (unpaired) electrons. The lowest BCUT2D eigenvalue weighted by Crippen LogP contribution is -2.36. The fraction of sp³-hybridized carbons (Fsp3) is 0.350. The molecule has 1 heterocycles. The number of nitrogens with zero attached hydrogens (tertiary/aromatic N) is 3. The van der Waals surface area contributed by atoms with Gasteiger partial charge in [-0.05, 0) is 69.0 Å². The summed E-state index contributed by atoms with van der Waals surface area (Å²) in [5.41, 5.74) is 9.36. The van der Waals surface area contributed by atoms with Crippen molar-refractivity contribution in [1.82, 2.24) is 0 Å². The monoisotopic (exact) mass is 305 g/mol. The van der Waals surface area contributed by atoms with E-state index < -0.39 is 0 Å². The second-order valence-corrected chi connectivity index (χ2v) is 6.46. The number of fused-ring (bicyclic) bond motifs is 1. The van der Waals surface area contributed by atoms with Crippen LogP contribution in [-0.2, 0) is 0 Å². The zero-order valence-corrected chi connectivity index (χ0v) is 14.7. The first-order valence-corrected chi connectivity index (χ1v) is 7.98. The highest BCUT2D eigenvalue weighted by Gasteiger charge is 2.34. The Hall–Kier alpha value is -2.47. The summed E-state index contributed by atoms with van der Waals surface area (Å²) >= 11 is 0. The van der Waals surface area contributed by atoms with Gasteiger partial charge in [-0.3, -0.25) is 0 Å². The van der Waals surface area contributed by atoms with E-state index in [1.54, 1.807) is 0 Å². The van der Waals surface area contributed by atoms with Gasteiger partial charge >= 0.3 is 0 Å². The lowest BCUT2D eigenvalue weighted by molar-refractivity contribution is 0.732. The molecule has 0 bridgehead atoms. The summed E-state index contributed by atoms with van der Waals surface area (Å²) in [6.45, 7) is 18.5. The molecule has 0 fully saturated rings. The minimum atomic E-state index is 0.188. The summed E-state index contributed by atoms with van der Waals surface area (Å²) < 4.78 is 0. The number of hydrogen-bond acceptors (Lipinski definition) is 2. The highest BCUT2D eigenvalue weighted by Crippen LogP contribution is 2.50. The van der Waals surface area contributed by atoms with Crippen LogP contribution in [0.2, 0.25) is 0 Å². The van der Waals surface area contributed by atoms with Crippen LogP contribution in [-0.4, -0.2) is 13.2 Å². The molecule has 2 aromatic carbocycles. The van der Waals surface area contributed by atoms with Gasteiger partial charge in [-0.2, -0.15) is 0 Å². The number of anilines is 3. The Kier molecular flexibility index (Phi) is 3.56. The first kappa shape index (κ1) is 15.4. The molecule has 2 aromatic rings. The normalized spacial score (nSPS) is 16.5. The van der Waals surface area contributed by atoms with E-state index >= 15 is 0 Å². The van der Waals surface area contributed by atoms with Gasteiger partial charge in [0.2, 0.25) is 5.69 Å². The average Bonchev–Trinajstić information content (AvgIpc) is 2.81. The van der Waals surface area contributed by atoms with Crippen LogP contribution in [0.15, 0.2) is 24.3 Å². The molecule has 0 aliphatic carbocycles. The van der Waals surface area contributed by atoms with Crippen molar-refractivity contribution in [1.29, 1.82) is 0 Å². The maximum Gasteiger partial charge on any atom is 0.212 e. The van der Waals surface area contributed by atoms with Crippen LogP contribution < -0.4 is 9.80 Å². The molecule has 118 valence electrons. The number of benzene rings is 2. The molecule has 1 atom stereocenters. The van der Waals surface area contributed by atoms with Crippen LogP contribution in [0.25, 0.3) is 4.85 Å². The molecule has 1 aliphatic heterocycles. The maximum absolute atomic E-state index is 7.55. The molecule has 0 saturated heterocycles. The number of aryl methyl sites for hydroxylation is 1. The molecule has 3 rings (SSSR count). The minimum absolute atomic E-state index is 0.188. The molecule has 0 unspecified atom stereocenters. The molecule has 0 amide bonds. The van der Waals surface area contributed by atoms with Gasteiger partial charge in [0, 0.05) is 12.7 Å². The first-order chi connectivity index (χ1) is 10.9.